The number of esters is 4. The summed E-state index contributed by atoms with van der Waals surface area (Å²) in [6, 6.07) is 0. The Bertz CT molecular complexity index is 2530. The predicted octanol–water partition coefficient (Wildman–Crippen LogP) is 24.4. The molecule has 0 amide bonds. The number of rotatable bonds is 77. The summed E-state index contributed by atoms with van der Waals surface area (Å²) in [5.74, 6) is -2.22. The maximum Gasteiger partial charge on any atom is 0.472 e. The number of aliphatic hydroxyl groups excluding tert-OH is 1. The summed E-state index contributed by atoms with van der Waals surface area (Å²) in [7, 11) is -9.98. The number of phosphoric acid groups is 2. The van der Waals surface area contributed by atoms with E-state index >= 15 is 0 Å². The first-order valence-corrected chi connectivity index (χ1v) is 44.4. The number of unbranched alkanes of at least 4 members (excludes halogenated alkanes) is 29. The van der Waals surface area contributed by atoms with Gasteiger partial charge in [0.05, 0.1) is 26.4 Å². The molecule has 3 N–H and O–H groups in total. The third kappa shape index (κ3) is 77.4. The molecule has 0 spiro atoms. The highest BCUT2D eigenvalue weighted by Gasteiger charge is 2.30. The summed E-state index contributed by atoms with van der Waals surface area (Å²) in [4.78, 5) is 73.1. The molecule has 608 valence electrons. The van der Waals surface area contributed by atoms with Gasteiger partial charge >= 0.3 is 39.5 Å². The summed E-state index contributed by atoms with van der Waals surface area (Å²) in [6.07, 6.45) is 88.4. The largest absolute Gasteiger partial charge is 0.472 e. The van der Waals surface area contributed by atoms with Gasteiger partial charge in [-0.3, -0.25) is 37.3 Å². The molecule has 0 heterocycles. The van der Waals surface area contributed by atoms with E-state index in [2.05, 4.69) is 161 Å². The molecule has 0 radical (unpaired) electrons. The second kappa shape index (κ2) is 78.3. The van der Waals surface area contributed by atoms with Crippen LogP contribution in [-0.2, 0) is 65.4 Å². The summed E-state index contributed by atoms with van der Waals surface area (Å²) in [6.45, 7) is 4.55. The van der Waals surface area contributed by atoms with Crippen LogP contribution in [0.25, 0.3) is 0 Å². The maximum atomic E-state index is 13.1. The molecule has 0 aromatic carbocycles. The van der Waals surface area contributed by atoms with Crippen molar-refractivity contribution in [1.29, 1.82) is 0 Å². The average molecular weight is 1530 g/mol. The van der Waals surface area contributed by atoms with Crippen LogP contribution in [0.2, 0.25) is 0 Å². The van der Waals surface area contributed by atoms with Gasteiger partial charge in [-0.1, -0.05) is 290 Å². The van der Waals surface area contributed by atoms with E-state index in [1.54, 1.807) is 0 Å². The van der Waals surface area contributed by atoms with Gasteiger partial charge < -0.3 is 33.8 Å². The fourth-order valence-corrected chi connectivity index (χ4v) is 12.4. The third-order valence-electron chi connectivity index (χ3n) is 17.1. The molecule has 17 nitrogen and oxygen atoms in total. The van der Waals surface area contributed by atoms with E-state index in [9.17, 15) is 43.2 Å². The van der Waals surface area contributed by atoms with Crippen molar-refractivity contribution in [3.63, 3.8) is 0 Å². The Morgan fingerprint density at radius 3 is 0.802 bits per heavy atom. The lowest BCUT2D eigenvalue weighted by atomic mass is 10.1. The Balaban J connectivity index is 5.37. The molecular weight excluding hydrogens is 1380 g/mol. The van der Waals surface area contributed by atoms with E-state index < -0.39 is 97.5 Å². The number of allylic oxidation sites excluding steroid dienone is 22. The molecule has 106 heavy (non-hydrogen) atoms. The number of carbonyl (C=O) groups excluding carboxylic acids is 4. The molecule has 0 aliphatic carbocycles. The van der Waals surface area contributed by atoms with Gasteiger partial charge in [-0.15, -0.1) is 0 Å². The zero-order valence-electron chi connectivity index (χ0n) is 66.6. The molecule has 0 rings (SSSR count). The minimum absolute atomic E-state index is 0.0725. The lowest BCUT2D eigenvalue weighted by Crippen LogP contribution is -2.30. The normalized spacial score (nSPS) is 14.5. The number of aliphatic hydroxyl groups is 1. The van der Waals surface area contributed by atoms with Crippen molar-refractivity contribution in [2.24, 2.45) is 0 Å². The van der Waals surface area contributed by atoms with Crippen molar-refractivity contribution in [2.45, 2.75) is 354 Å². The zero-order chi connectivity index (χ0) is 77.4. The highest BCUT2D eigenvalue weighted by molar-refractivity contribution is 7.47. The van der Waals surface area contributed by atoms with Crippen LogP contribution >= 0.6 is 15.6 Å². The first-order valence-electron chi connectivity index (χ1n) is 41.4. The van der Waals surface area contributed by atoms with E-state index in [0.29, 0.717) is 25.7 Å². The van der Waals surface area contributed by atoms with Gasteiger partial charge in [-0.05, 0) is 154 Å². The smallest absolute Gasteiger partial charge is 0.462 e. The number of hydrogen-bond donors (Lipinski definition) is 3. The molecule has 0 aliphatic heterocycles. The quantitative estimate of drug-likeness (QED) is 0.0169. The highest BCUT2D eigenvalue weighted by Crippen LogP contribution is 2.45. The fourth-order valence-electron chi connectivity index (χ4n) is 10.8. The van der Waals surface area contributed by atoms with Crippen LogP contribution in [0.4, 0.5) is 0 Å². The molecule has 5 unspecified atom stereocenters. The standard InChI is InChI=1S/C87H148O17P2/c1-5-9-13-17-21-25-29-33-36-38-40-42-45-48-51-55-59-63-67-71-84(89)97-77-82(103-86(91)73-69-65-61-57-53-47-32-28-24-20-16-12-8-4)79-101-105(93,94)99-75-81(88)76-100-106(95,96)102-80-83(104-87(92)74-70-66-62-58-54-50-44-35-31-27-23-19-15-11-7-3)78-98-85(90)72-68-64-60-56-52-49-46-43-41-39-37-34-30-26-22-18-14-10-6-2/h9-10,13-14,16,20-22,25-26,28,32-37,40-44,81-83,88H,5-8,11-12,15,17-19,23-24,27,29-31,38-39,45-80H2,1-4H3,(H,93,94)(H,95,96)/b13-9-,14-10-,20-16-,25-21-,26-22-,32-28-,36-33-,37-34-,42-40-,43-41-,44-35-. The summed E-state index contributed by atoms with van der Waals surface area (Å²) < 4.78 is 68.7. The number of hydrogen-bond acceptors (Lipinski definition) is 15. The van der Waals surface area contributed by atoms with E-state index in [0.717, 1.165) is 218 Å². The van der Waals surface area contributed by atoms with Crippen molar-refractivity contribution < 1.29 is 80.2 Å². The first kappa shape index (κ1) is 101. The Morgan fingerprint density at radius 2 is 0.509 bits per heavy atom. The SMILES string of the molecule is CC/C=C\C/C=C\C/C=C\C/C=C\CCCCCCCCC(=O)OCC(COP(=O)(O)OCC(O)COP(=O)(O)OCC(COC(=O)CCCCCCCC/C=C\C/C=C\C/C=C\C/C=C\CC)OC(=O)CCCCCCC/C=C\CCCCCCCC)OC(=O)CCCCCCC/C=C\C/C=C\CCC. The van der Waals surface area contributed by atoms with E-state index in [-0.39, 0.29) is 25.7 Å². The molecule has 0 saturated carbocycles. The second-order valence-corrected chi connectivity index (χ2v) is 30.2. The van der Waals surface area contributed by atoms with Crippen LogP contribution in [0, 0.1) is 0 Å². The molecule has 0 fully saturated rings. The van der Waals surface area contributed by atoms with Gasteiger partial charge in [0.2, 0.25) is 0 Å². The van der Waals surface area contributed by atoms with Crippen LogP contribution in [-0.4, -0.2) is 96.7 Å². The van der Waals surface area contributed by atoms with Crippen LogP contribution in [0.15, 0.2) is 134 Å². The summed E-state index contributed by atoms with van der Waals surface area (Å²) >= 11 is 0. The maximum absolute atomic E-state index is 13.1. The first-order chi connectivity index (χ1) is 51.7. The average Bonchev–Trinajstić information content (AvgIpc) is 0.901. The van der Waals surface area contributed by atoms with E-state index in [4.69, 9.17) is 37.0 Å². The lowest BCUT2D eigenvalue weighted by Gasteiger charge is -2.21. The van der Waals surface area contributed by atoms with Gasteiger partial charge in [0.1, 0.15) is 19.3 Å². The van der Waals surface area contributed by atoms with Crippen LogP contribution in [0.3, 0.4) is 0 Å². The van der Waals surface area contributed by atoms with E-state index in [1.165, 1.54) is 38.5 Å². The minimum atomic E-state index is -4.99. The Kier molecular flexibility index (Phi) is 74.8. The molecule has 0 aromatic rings. The topological polar surface area (TPSA) is 237 Å². The van der Waals surface area contributed by atoms with Crippen molar-refractivity contribution in [2.75, 3.05) is 39.6 Å². The lowest BCUT2D eigenvalue weighted by molar-refractivity contribution is -0.161. The van der Waals surface area contributed by atoms with Gasteiger partial charge in [-0.25, -0.2) is 9.13 Å². The zero-order valence-corrected chi connectivity index (χ0v) is 68.4. The fraction of sp³-hybridized carbons (Fsp3) is 0.701. The van der Waals surface area contributed by atoms with Crippen molar-refractivity contribution in [3.8, 4) is 0 Å². The molecule has 0 saturated heterocycles. The van der Waals surface area contributed by atoms with Crippen molar-refractivity contribution >= 4 is 39.5 Å². The molecular formula is C87H148O17P2. The highest BCUT2D eigenvalue weighted by atomic mass is 31.2. The Labute approximate surface area is 644 Å². The number of ether oxygens (including phenoxy) is 4. The minimum Gasteiger partial charge on any atom is -0.462 e. The Morgan fingerprint density at radius 1 is 0.274 bits per heavy atom. The van der Waals surface area contributed by atoms with Crippen LogP contribution in [0.5, 0.6) is 0 Å². The molecule has 0 aliphatic rings. The third-order valence-corrected chi connectivity index (χ3v) is 19.0. The van der Waals surface area contributed by atoms with Gasteiger partial charge in [-0.2, -0.15) is 0 Å². The van der Waals surface area contributed by atoms with Crippen LogP contribution < -0.4 is 0 Å². The second-order valence-electron chi connectivity index (χ2n) is 27.3. The van der Waals surface area contributed by atoms with E-state index in [1.807, 2.05) is 0 Å². The Hall–Kier alpha value is -4.80. The summed E-state index contributed by atoms with van der Waals surface area (Å²) in [5, 5.41) is 10.7. The van der Waals surface area contributed by atoms with Gasteiger partial charge in [0.25, 0.3) is 0 Å². The number of phosphoric ester groups is 2. The molecule has 0 aromatic heterocycles. The summed E-state index contributed by atoms with van der Waals surface area (Å²) in [5.41, 5.74) is 0. The predicted molar refractivity (Wildman–Crippen MR) is 436 cm³/mol. The number of carbonyl (C=O) groups is 4. The van der Waals surface area contributed by atoms with Crippen molar-refractivity contribution in [1.82, 2.24) is 0 Å². The van der Waals surface area contributed by atoms with Gasteiger partial charge in [0, 0.05) is 25.7 Å². The molecule has 5 atom stereocenters. The monoisotopic (exact) mass is 1530 g/mol. The molecule has 0 bridgehead atoms. The van der Waals surface area contributed by atoms with Crippen LogP contribution in [0.1, 0.15) is 336 Å². The molecule has 19 heteroatoms. The van der Waals surface area contributed by atoms with Gasteiger partial charge in [0.15, 0.2) is 12.2 Å². The van der Waals surface area contributed by atoms with Crippen molar-refractivity contribution in [3.05, 3.63) is 134 Å².